The lowest BCUT2D eigenvalue weighted by atomic mass is 10.1. The highest BCUT2D eigenvalue weighted by atomic mass is 127. The maximum Gasteiger partial charge on any atom is 0.335 e. The molecule has 1 heterocycles. The standard InChI is InChI=1S/C15H10ClIO5S/c1-7-2-8(15(18)19)4-12-13(7)22-14-9(6-23(12,20)21)3-10(17)5-11(14)16/h2-5H,6H2,1H3,(H,18,19). The van der Waals surface area contributed by atoms with Gasteiger partial charge in [0.25, 0.3) is 0 Å². The third-order valence-corrected chi connectivity index (χ3v) is 6.03. The van der Waals surface area contributed by atoms with Gasteiger partial charge in [-0.3, -0.25) is 0 Å². The Kier molecular flexibility index (Phi) is 4.06. The number of fused-ring (bicyclic) bond motifs is 2. The Bertz CT molecular complexity index is 953. The van der Waals surface area contributed by atoms with Crippen LogP contribution in [-0.2, 0) is 15.6 Å². The summed E-state index contributed by atoms with van der Waals surface area (Å²) in [6.07, 6.45) is 0. The Balaban J connectivity index is 2.33. The molecule has 0 unspecified atom stereocenters. The molecule has 0 spiro atoms. The number of benzene rings is 2. The average molecular weight is 465 g/mol. The average Bonchev–Trinajstić information content (AvgIpc) is 2.53. The van der Waals surface area contributed by atoms with Crippen molar-refractivity contribution >= 4 is 50.0 Å². The van der Waals surface area contributed by atoms with Crippen LogP contribution in [0.3, 0.4) is 0 Å². The molecule has 0 saturated heterocycles. The van der Waals surface area contributed by atoms with E-state index in [0.717, 1.165) is 9.64 Å². The molecule has 120 valence electrons. The zero-order valence-electron chi connectivity index (χ0n) is 11.8. The van der Waals surface area contributed by atoms with E-state index in [4.69, 9.17) is 21.4 Å². The molecule has 0 radical (unpaired) electrons. The molecule has 0 bridgehead atoms. The fraction of sp³-hybridized carbons (Fsp3) is 0.133. The van der Waals surface area contributed by atoms with Gasteiger partial charge >= 0.3 is 5.97 Å². The highest BCUT2D eigenvalue weighted by Gasteiger charge is 2.30. The van der Waals surface area contributed by atoms with Crippen LogP contribution in [0.25, 0.3) is 0 Å². The number of hydrogen-bond acceptors (Lipinski definition) is 4. The van der Waals surface area contributed by atoms with Crippen molar-refractivity contribution in [3.05, 3.63) is 49.5 Å². The Labute approximate surface area is 151 Å². The largest absolute Gasteiger partial charge is 0.478 e. The lowest BCUT2D eigenvalue weighted by molar-refractivity contribution is 0.0696. The van der Waals surface area contributed by atoms with E-state index in [1.165, 1.54) is 6.07 Å². The van der Waals surface area contributed by atoms with Gasteiger partial charge in [0.1, 0.15) is 16.4 Å². The molecule has 23 heavy (non-hydrogen) atoms. The molecule has 3 rings (SSSR count). The van der Waals surface area contributed by atoms with Crippen LogP contribution in [0.4, 0.5) is 0 Å². The maximum absolute atomic E-state index is 12.7. The first kappa shape index (κ1) is 16.5. The number of carbonyl (C=O) groups is 1. The van der Waals surface area contributed by atoms with E-state index >= 15 is 0 Å². The van der Waals surface area contributed by atoms with E-state index in [2.05, 4.69) is 0 Å². The lowest BCUT2D eigenvalue weighted by Gasteiger charge is -2.13. The number of sulfone groups is 1. The van der Waals surface area contributed by atoms with Gasteiger partial charge in [-0.05, 0) is 59.3 Å². The SMILES string of the molecule is Cc1cc(C(=O)O)cc2c1Oc1c(Cl)cc(I)cc1CS2(=O)=O. The van der Waals surface area contributed by atoms with Crippen LogP contribution < -0.4 is 4.74 Å². The Morgan fingerprint density at radius 1 is 1.26 bits per heavy atom. The zero-order chi connectivity index (χ0) is 16.9. The molecule has 2 aromatic rings. The topological polar surface area (TPSA) is 80.7 Å². The van der Waals surface area contributed by atoms with Crippen LogP contribution in [0, 0.1) is 10.5 Å². The summed E-state index contributed by atoms with van der Waals surface area (Å²) >= 11 is 8.24. The van der Waals surface area contributed by atoms with Gasteiger partial charge in [0.15, 0.2) is 9.84 Å². The smallest absolute Gasteiger partial charge is 0.335 e. The third kappa shape index (κ3) is 2.92. The van der Waals surface area contributed by atoms with Gasteiger partial charge in [0.05, 0.1) is 16.3 Å². The molecule has 1 aliphatic rings. The minimum absolute atomic E-state index is 0.0972. The summed E-state index contributed by atoms with van der Waals surface area (Å²) in [5.41, 5.74) is 0.778. The summed E-state index contributed by atoms with van der Waals surface area (Å²) in [5.74, 6) is -1.08. The van der Waals surface area contributed by atoms with Crippen LogP contribution in [0.5, 0.6) is 11.5 Å². The van der Waals surface area contributed by atoms with E-state index in [9.17, 15) is 13.2 Å². The summed E-state index contributed by atoms with van der Waals surface area (Å²) in [6, 6.07) is 5.88. The van der Waals surface area contributed by atoms with Crippen molar-refractivity contribution in [1.82, 2.24) is 0 Å². The molecule has 8 heteroatoms. The van der Waals surface area contributed by atoms with E-state index in [0.29, 0.717) is 21.9 Å². The van der Waals surface area contributed by atoms with Crippen LogP contribution in [-0.4, -0.2) is 19.5 Å². The fourth-order valence-electron chi connectivity index (χ4n) is 2.45. The van der Waals surface area contributed by atoms with Crippen molar-refractivity contribution in [1.29, 1.82) is 0 Å². The zero-order valence-corrected chi connectivity index (χ0v) is 15.5. The number of halogens is 2. The molecule has 2 aromatic carbocycles. The summed E-state index contributed by atoms with van der Waals surface area (Å²) < 4.78 is 31.9. The van der Waals surface area contributed by atoms with Gasteiger partial charge in [-0.15, -0.1) is 0 Å². The molecular weight excluding hydrogens is 455 g/mol. The third-order valence-electron chi connectivity index (χ3n) is 3.46. The van der Waals surface area contributed by atoms with Gasteiger partial charge in [0.2, 0.25) is 0 Å². The number of aryl methyl sites for hydroxylation is 1. The van der Waals surface area contributed by atoms with Crippen molar-refractivity contribution in [2.75, 3.05) is 0 Å². The summed E-state index contributed by atoms with van der Waals surface area (Å²) in [5, 5.41) is 9.46. The lowest BCUT2D eigenvalue weighted by Crippen LogP contribution is -2.07. The van der Waals surface area contributed by atoms with Gasteiger partial charge in [-0.2, -0.15) is 0 Å². The number of hydrogen-bond donors (Lipinski definition) is 1. The van der Waals surface area contributed by atoms with Crippen LogP contribution in [0.15, 0.2) is 29.2 Å². The molecule has 0 saturated carbocycles. The quantitative estimate of drug-likeness (QED) is 0.645. The summed E-state index contributed by atoms with van der Waals surface area (Å²) in [6.45, 7) is 1.60. The van der Waals surface area contributed by atoms with Gasteiger partial charge in [0, 0.05) is 9.13 Å². The molecule has 1 aliphatic heterocycles. The Hall–Kier alpha value is -1.32. The normalized spacial score (nSPS) is 15.1. The molecule has 0 fully saturated rings. The van der Waals surface area contributed by atoms with Crippen molar-refractivity contribution in [2.45, 2.75) is 17.6 Å². The van der Waals surface area contributed by atoms with Gasteiger partial charge < -0.3 is 9.84 Å². The minimum Gasteiger partial charge on any atom is -0.478 e. The highest BCUT2D eigenvalue weighted by molar-refractivity contribution is 14.1. The predicted octanol–water partition coefficient (Wildman–Crippen LogP) is 4.03. The van der Waals surface area contributed by atoms with E-state index in [-0.39, 0.29) is 22.0 Å². The monoisotopic (exact) mass is 464 g/mol. The minimum atomic E-state index is -3.75. The van der Waals surface area contributed by atoms with E-state index in [1.54, 1.807) is 19.1 Å². The highest BCUT2D eigenvalue weighted by Crippen LogP contribution is 2.44. The van der Waals surface area contributed by atoms with Gasteiger partial charge in [-0.1, -0.05) is 11.6 Å². The number of ether oxygens (including phenoxy) is 1. The predicted molar refractivity (Wildman–Crippen MR) is 93.3 cm³/mol. The summed E-state index contributed by atoms with van der Waals surface area (Å²) in [7, 11) is -3.75. The molecule has 0 amide bonds. The second-order valence-electron chi connectivity index (χ2n) is 5.16. The Morgan fingerprint density at radius 2 is 1.96 bits per heavy atom. The van der Waals surface area contributed by atoms with Crippen molar-refractivity contribution in [2.24, 2.45) is 0 Å². The number of carboxylic acids is 1. The first-order chi connectivity index (χ1) is 10.7. The molecule has 5 nitrogen and oxygen atoms in total. The van der Waals surface area contributed by atoms with E-state index in [1.807, 2.05) is 22.6 Å². The molecular formula is C15H10ClIO5S. The second kappa shape index (κ2) is 5.64. The molecule has 0 aliphatic carbocycles. The Morgan fingerprint density at radius 3 is 2.61 bits per heavy atom. The molecule has 1 N–H and O–H groups in total. The fourth-order valence-corrected chi connectivity index (χ4v) is 5.17. The summed E-state index contributed by atoms with van der Waals surface area (Å²) in [4.78, 5) is 11.1. The van der Waals surface area contributed by atoms with Crippen molar-refractivity contribution in [3.8, 4) is 11.5 Å². The number of rotatable bonds is 1. The van der Waals surface area contributed by atoms with E-state index < -0.39 is 15.8 Å². The van der Waals surface area contributed by atoms with Crippen LogP contribution in [0.2, 0.25) is 5.02 Å². The second-order valence-corrected chi connectivity index (χ2v) is 8.77. The van der Waals surface area contributed by atoms with Crippen molar-refractivity contribution < 1.29 is 23.1 Å². The molecule has 0 atom stereocenters. The van der Waals surface area contributed by atoms with Crippen molar-refractivity contribution in [3.63, 3.8) is 0 Å². The van der Waals surface area contributed by atoms with Crippen LogP contribution in [0.1, 0.15) is 21.5 Å². The first-order valence-electron chi connectivity index (χ1n) is 6.45. The maximum atomic E-state index is 12.7. The number of aromatic carboxylic acids is 1. The van der Waals surface area contributed by atoms with Crippen LogP contribution >= 0.6 is 34.2 Å². The number of carboxylic acid groups (broad SMARTS) is 1. The molecule has 0 aromatic heterocycles. The first-order valence-corrected chi connectivity index (χ1v) is 9.56. The van der Waals surface area contributed by atoms with Gasteiger partial charge in [-0.25, -0.2) is 13.2 Å².